The molecule has 2 nitrogen and oxygen atoms in total. The van der Waals surface area contributed by atoms with E-state index in [9.17, 15) is 0 Å². The van der Waals surface area contributed by atoms with Gasteiger partial charge in [0.2, 0.25) is 0 Å². The molecule has 0 bridgehead atoms. The molecule has 0 aliphatic heterocycles. The first-order valence-electron chi connectivity index (χ1n) is 6.72. The standard InChI is InChI=1S/C14H18ClIN2/c1-14(2)7-9(14)13-17-11(8-5-3-4-6-8)10(16)12(15)18-13/h8-9H,3-7H2,1-2H3. The quantitative estimate of drug-likeness (QED) is 0.541. The van der Waals surface area contributed by atoms with Gasteiger partial charge in [-0.05, 0) is 47.3 Å². The monoisotopic (exact) mass is 376 g/mol. The predicted molar refractivity (Wildman–Crippen MR) is 82.1 cm³/mol. The third-order valence-corrected chi connectivity index (χ3v) is 6.08. The summed E-state index contributed by atoms with van der Waals surface area (Å²) < 4.78 is 1.07. The number of rotatable bonds is 2. The number of hydrogen-bond donors (Lipinski definition) is 0. The van der Waals surface area contributed by atoms with Gasteiger partial charge in [0.1, 0.15) is 11.0 Å². The van der Waals surface area contributed by atoms with Crippen molar-refractivity contribution in [3.05, 3.63) is 20.2 Å². The topological polar surface area (TPSA) is 25.8 Å². The molecule has 0 saturated heterocycles. The molecule has 0 spiro atoms. The molecular weight excluding hydrogens is 359 g/mol. The highest BCUT2D eigenvalue weighted by molar-refractivity contribution is 14.1. The molecule has 2 saturated carbocycles. The Morgan fingerprint density at radius 1 is 1.22 bits per heavy atom. The Balaban J connectivity index is 1.97. The Hall–Kier alpha value is 0.1000. The molecule has 2 aliphatic rings. The van der Waals surface area contributed by atoms with Crippen LogP contribution in [0, 0.1) is 8.99 Å². The van der Waals surface area contributed by atoms with Crippen LogP contribution in [-0.4, -0.2) is 9.97 Å². The maximum Gasteiger partial charge on any atom is 0.146 e. The molecule has 3 rings (SSSR count). The van der Waals surface area contributed by atoms with Gasteiger partial charge in [-0.1, -0.05) is 38.3 Å². The average Bonchev–Trinajstić information content (AvgIpc) is 2.78. The van der Waals surface area contributed by atoms with Crippen molar-refractivity contribution in [2.24, 2.45) is 5.41 Å². The first-order chi connectivity index (χ1) is 8.49. The lowest BCUT2D eigenvalue weighted by atomic mass is 10.0. The van der Waals surface area contributed by atoms with Crippen molar-refractivity contribution in [3.63, 3.8) is 0 Å². The summed E-state index contributed by atoms with van der Waals surface area (Å²) in [5.41, 5.74) is 1.58. The van der Waals surface area contributed by atoms with Crippen molar-refractivity contribution in [2.45, 2.75) is 57.8 Å². The van der Waals surface area contributed by atoms with E-state index in [1.807, 2.05) is 0 Å². The zero-order valence-corrected chi connectivity index (χ0v) is 13.8. The van der Waals surface area contributed by atoms with Gasteiger partial charge in [0.05, 0.1) is 9.26 Å². The molecule has 4 heteroatoms. The fraction of sp³-hybridized carbons (Fsp3) is 0.714. The molecule has 0 amide bonds. The first-order valence-corrected chi connectivity index (χ1v) is 8.17. The Labute approximate surface area is 127 Å². The number of nitrogens with zero attached hydrogens (tertiary/aromatic N) is 2. The van der Waals surface area contributed by atoms with Crippen LogP contribution in [0.15, 0.2) is 0 Å². The van der Waals surface area contributed by atoms with Crippen molar-refractivity contribution in [1.82, 2.24) is 9.97 Å². The van der Waals surface area contributed by atoms with E-state index in [0.717, 1.165) is 9.39 Å². The summed E-state index contributed by atoms with van der Waals surface area (Å²) in [7, 11) is 0. The highest BCUT2D eigenvalue weighted by atomic mass is 127. The molecule has 98 valence electrons. The van der Waals surface area contributed by atoms with E-state index in [1.165, 1.54) is 37.8 Å². The van der Waals surface area contributed by atoms with E-state index in [2.05, 4.69) is 41.4 Å². The molecule has 2 fully saturated rings. The minimum Gasteiger partial charge on any atom is -0.236 e. The molecule has 1 aromatic rings. The van der Waals surface area contributed by atoms with E-state index in [4.69, 9.17) is 16.6 Å². The fourth-order valence-electron chi connectivity index (χ4n) is 2.99. The van der Waals surface area contributed by atoms with Crippen molar-refractivity contribution in [2.75, 3.05) is 0 Å². The van der Waals surface area contributed by atoms with Gasteiger partial charge in [-0.2, -0.15) is 0 Å². The fourth-order valence-corrected chi connectivity index (χ4v) is 3.85. The van der Waals surface area contributed by atoms with Crippen LogP contribution in [0.5, 0.6) is 0 Å². The summed E-state index contributed by atoms with van der Waals surface area (Å²) >= 11 is 8.61. The van der Waals surface area contributed by atoms with Crippen molar-refractivity contribution in [3.8, 4) is 0 Å². The average molecular weight is 377 g/mol. The van der Waals surface area contributed by atoms with Crippen molar-refractivity contribution in [1.29, 1.82) is 0 Å². The Morgan fingerprint density at radius 2 is 1.83 bits per heavy atom. The van der Waals surface area contributed by atoms with E-state index in [-0.39, 0.29) is 0 Å². The molecule has 0 N–H and O–H groups in total. The lowest BCUT2D eigenvalue weighted by molar-refractivity contribution is 0.600. The zero-order chi connectivity index (χ0) is 12.9. The summed E-state index contributed by atoms with van der Waals surface area (Å²) in [6.07, 6.45) is 6.36. The summed E-state index contributed by atoms with van der Waals surface area (Å²) in [6, 6.07) is 0. The largest absolute Gasteiger partial charge is 0.236 e. The summed E-state index contributed by atoms with van der Waals surface area (Å²) in [5.74, 6) is 2.09. The van der Waals surface area contributed by atoms with Gasteiger partial charge in [-0.25, -0.2) is 9.97 Å². The van der Waals surface area contributed by atoms with Crippen LogP contribution in [0.25, 0.3) is 0 Å². The lowest BCUT2D eigenvalue weighted by Gasteiger charge is -2.14. The normalized spacial score (nSPS) is 26.6. The van der Waals surface area contributed by atoms with E-state index in [0.29, 0.717) is 22.4 Å². The van der Waals surface area contributed by atoms with Gasteiger partial charge in [0, 0.05) is 11.8 Å². The van der Waals surface area contributed by atoms with Crippen LogP contribution < -0.4 is 0 Å². The molecule has 1 heterocycles. The second kappa shape index (κ2) is 4.58. The van der Waals surface area contributed by atoms with Crippen LogP contribution in [0.2, 0.25) is 5.15 Å². The molecule has 0 aromatic carbocycles. The third kappa shape index (κ3) is 2.28. The second-order valence-corrected chi connectivity index (χ2v) is 7.74. The second-order valence-electron chi connectivity index (χ2n) is 6.30. The van der Waals surface area contributed by atoms with Crippen LogP contribution >= 0.6 is 34.2 Å². The highest BCUT2D eigenvalue weighted by Crippen LogP contribution is 2.58. The molecule has 18 heavy (non-hydrogen) atoms. The van der Waals surface area contributed by atoms with Gasteiger partial charge in [-0.15, -0.1) is 0 Å². The van der Waals surface area contributed by atoms with E-state index >= 15 is 0 Å². The molecule has 2 aliphatic carbocycles. The van der Waals surface area contributed by atoms with Crippen LogP contribution in [0.3, 0.4) is 0 Å². The summed E-state index contributed by atoms with van der Waals surface area (Å²) in [5, 5.41) is 0.658. The zero-order valence-electron chi connectivity index (χ0n) is 10.8. The molecular formula is C14H18ClIN2. The van der Waals surface area contributed by atoms with Crippen molar-refractivity contribution < 1.29 is 0 Å². The van der Waals surface area contributed by atoms with Gasteiger partial charge >= 0.3 is 0 Å². The third-order valence-electron chi connectivity index (χ3n) is 4.42. The van der Waals surface area contributed by atoms with Crippen LogP contribution in [0.4, 0.5) is 0 Å². The minimum absolute atomic E-state index is 0.364. The van der Waals surface area contributed by atoms with E-state index in [1.54, 1.807) is 0 Å². The SMILES string of the molecule is CC1(C)CC1c1nc(Cl)c(I)c(C2CCCC2)n1. The maximum absolute atomic E-state index is 6.30. The smallest absolute Gasteiger partial charge is 0.146 e. The molecule has 1 atom stereocenters. The highest BCUT2D eigenvalue weighted by Gasteiger charge is 2.49. The Morgan fingerprint density at radius 3 is 2.39 bits per heavy atom. The Kier molecular flexibility index (Phi) is 3.34. The van der Waals surface area contributed by atoms with Gasteiger partial charge in [0.25, 0.3) is 0 Å². The number of aromatic nitrogens is 2. The molecule has 1 aromatic heterocycles. The summed E-state index contributed by atoms with van der Waals surface area (Å²) in [6.45, 7) is 4.56. The van der Waals surface area contributed by atoms with E-state index < -0.39 is 0 Å². The molecule has 0 radical (unpaired) electrons. The van der Waals surface area contributed by atoms with Crippen LogP contribution in [-0.2, 0) is 0 Å². The van der Waals surface area contributed by atoms with Gasteiger partial charge in [0.15, 0.2) is 0 Å². The summed E-state index contributed by atoms with van der Waals surface area (Å²) in [4.78, 5) is 9.38. The predicted octanol–water partition coefficient (Wildman–Crippen LogP) is 4.91. The van der Waals surface area contributed by atoms with Crippen LogP contribution in [0.1, 0.15) is 69.3 Å². The van der Waals surface area contributed by atoms with Gasteiger partial charge < -0.3 is 0 Å². The molecule has 1 unspecified atom stereocenters. The lowest BCUT2D eigenvalue weighted by Crippen LogP contribution is -2.07. The number of hydrogen-bond acceptors (Lipinski definition) is 2. The van der Waals surface area contributed by atoms with Crippen molar-refractivity contribution >= 4 is 34.2 Å². The van der Waals surface area contributed by atoms with Gasteiger partial charge in [-0.3, -0.25) is 0 Å². The maximum atomic E-state index is 6.30. The Bertz CT molecular complexity index is 481. The number of halogens is 2. The first kappa shape index (κ1) is 13.1. The minimum atomic E-state index is 0.364.